The van der Waals surface area contributed by atoms with E-state index in [0.29, 0.717) is 11.5 Å². The number of morpholine rings is 1. The summed E-state index contributed by atoms with van der Waals surface area (Å²) in [6, 6.07) is 5.53. The van der Waals surface area contributed by atoms with Crippen LogP contribution in [0.3, 0.4) is 0 Å². The van der Waals surface area contributed by atoms with Gasteiger partial charge in [0.25, 0.3) is 5.91 Å². The van der Waals surface area contributed by atoms with Crippen LogP contribution in [0.5, 0.6) is 0 Å². The molecule has 1 aromatic heterocycles. The van der Waals surface area contributed by atoms with E-state index < -0.39 is 0 Å². The second-order valence-electron chi connectivity index (χ2n) is 6.87. The Kier molecular flexibility index (Phi) is 6.63. The highest BCUT2D eigenvalue weighted by atomic mass is 16.5. The Hall–Kier alpha value is -1.92. The van der Waals surface area contributed by atoms with Crippen LogP contribution in [0.4, 0.5) is 0 Å². The molecule has 0 aliphatic carbocycles. The highest BCUT2D eigenvalue weighted by Crippen LogP contribution is 2.18. The number of ether oxygens (including phenoxy) is 1. The Morgan fingerprint density at radius 1 is 1.23 bits per heavy atom. The first kappa shape index (κ1) is 18.9. The van der Waals surface area contributed by atoms with Gasteiger partial charge in [0.05, 0.1) is 13.2 Å². The SMILES string of the molecule is CCCCN(CCCN1CCOCC1)C(=O)c1ccc2oc(C)nc2c1. The van der Waals surface area contributed by atoms with E-state index in [4.69, 9.17) is 9.15 Å². The zero-order valence-electron chi connectivity index (χ0n) is 15.9. The third-order valence-corrected chi connectivity index (χ3v) is 4.82. The molecule has 6 heteroatoms. The van der Waals surface area contributed by atoms with Crippen LogP contribution >= 0.6 is 0 Å². The monoisotopic (exact) mass is 359 g/mol. The summed E-state index contributed by atoms with van der Waals surface area (Å²) in [5, 5.41) is 0. The van der Waals surface area contributed by atoms with Crippen molar-refractivity contribution in [1.82, 2.24) is 14.8 Å². The minimum atomic E-state index is 0.0861. The van der Waals surface area contributed by atoms with Crippen LogP contribution in [-0.4, -0.2) is 66.6 Å². The Morgan fingerprint density at radius 3 is 2.77 bits per heavy atom. The fraction of sp³-hybridized carbons (Fsp3) is 0.600. The second kappa shape index (κ2) is 9.14. The molecule has 1 saturated heterocycles. The number of oxazole rings is 1. The molecule has 0 saturated carbocycles. The Labute approximate surface area is 155 Å². The maximum atomic E-state index is 13.0. The van der Waals surface area contributed by atoms with Crippen molar-refractivity contribution in [2.45, 2.75) is 33.1 Å². The summed E-state index contributed by atoms with van der Waals surface area (Å²) in [7, 11) is 0. The number of amides is 1. The van der Waals surface area contributed by atoms with Crippen molar-refractivity contribution in [2.24, 2.45) is 0 Å². The maximum Gasteiger partial charge on any atom is 0.253 e. The van der Waals surface area contributed by atoms with Gasteiger partial charge in [-0.3, -0.25) is 9.69 Å². The van der Waals surface area contributed by atoms with Crippen molar-refractivity contribution >= 4 is 17.0 Å². The number of unbranched alkanes of at least 4 members (excludes halogenated alkanes) is 1. The largest absolute Gasteiger partial charge is 0.441 e. The van der Waals surface area contributed by atoms with Crippen molar-refractivity contribution in [1.29, 1.82) is 0 Å². The minimum Gasteiger partial charge on any atom is -0.441 e. The first-order valence-corrected chi connectivity index (χ1v) is 9.64. The molecule has 1 fully saturated rings. The first-order valence-electron chi connectivity index (χ1n) is 9.64. The summed E-state index contributed by atoms with van der Waals surface area (Å²) < 4.78 is 10.9. The summed E-state index contributed by atoms with van der Waals surface area (Å²) >= 11 is 0. The number of hydrogen-bond acceptors (Lipinski definition) is 5. The quantitative estimate of drug-likeness (QED) is 0.725. The smallest absolute Gasteiger partial charge is 0.253 e. The van der Waals surface area contributed by atoms with Gasteiger partial charge < -0.3 is 14.1 Å². The predicted molar refractivity (Wildman–Crippen MR) is 101 cm³/mol. The lowest BCUT2D eigenvalue weighted by atomic mass is 10.1. The van der Waals surface area contributed by atoms with Crippen molar-refractivity contribution in [2.75, 3.05) is 45.9 Å². The molecule has 0 spiro atoms. The third kappa shape index (κ3) is 4.83. The van der Waals surface area contributed by atoms with Gasteiger partial charge in [-0.05, 0) is 31.0 Å². The number of aromatic nitrogens is 1. The van der Waals surface area contributed by atoms with Crippen molar-refractivity contribution in [3.8, 4) is 0 Å². The van der Waals surface area contributed by atoms with Gasteiger partial charge in [-0.2, -0.15) is 0 Å². The van der Waals surface area contributed by atoms with Crippen LogP contribution in [-0.2, 0) is 4.74 Å². The summed E-state index contributed by atoms with van der Waals surface area (Å²) in [5.41, 5.74) is 2.16. The molecule has 142 valence electrons. The van der Waals surface area contributed by atoms with Crippen LogP contribution in [0.25, 0.3) is 11.1 Å². The van der Waals surface area contributed by atoms with Gasteiger partial charge in [-0.1, -0.05) is 13.3 Å². The van der Waals surface area contributed by atoms with Crippen LogP contribution in [0.1, 0.15) is 42.4 Å². The summed E-state index contributed by atoms with van der Waals surface area (Å²) in [6.07, 6.45) is 3.09. The van der Waals surface area contributed by atoms with Gasteiger partial charge in [-0.25, -0.2) is 4.98 Å². The highest BCUT2D eigenvalue weighted by Gasteiger charge is 2.17. The van der Waals surface area contributed by atoms with Gasteiger partial charge in [0.2, 0.25) is 0 Å². The molecule has 1 amide bonds. The van der Waals surface area contributed by atoms with Crippen LogP contribution in [0.2, 0.25) is 0 Å². The predicted octanol–water partition coefficient (Wildman–Crippen LogP) is 3.10. The van der Waals surface area contributed by atoms with Crippen molar-refractivity contribution in [3.05, 3.63) is 29.7 Å². The van der Waals surface area contributed by atoms with E-state index >= 15 is 0 Å². The molecular weight excluding hydrogens is 330 g/mol. The molecule has 1 aliphatic heterocycles. The van der Waals surface area contributed by atoms with Gasteiger partial charge in [0, 0.05) is 45.2 Å². The number of aryl methyl sites for hydroxylation is 1. The van der Waals surface area contributed by atoms with Crippen LogP contribution in [0, 0.1) is 6.92 Å². The Morgan fingerprint density at radius 2 is 2.00 bits per heavy atom. The molecule has 2 aromatic rings. The summed E-state index contributed by atoms with van der Waals surface area (Å²) in [6.45, 7) is 10.2. The molecule has 2 heterocycles. The summed E-state index contributed by atoms with van der Waals surface area (Å²) in [5.74, 6) is 0.709. The number of carbonyl (C=O) groups is 1. The molecule has 0 radical (unpaired) electrons. The fourth-order valence-electron chi connectivity index (χ4n) is 3.33. The maximum absolute atomic E-state index is 13.0. The highest BCUT2D eigenvalue weighted by molar-refractivity contribution is 5.97. The van der Waals surface area contributed by atoms with Gasteiger partial charge in [0.1, 0.15) is 5.52 Å². The van der Waals surface area contributed by atoms with E-state index in [9.17, 15) is 4.79 Å². The van der Waals surface area contributed by atoms with E-state index in [1.54, 1.807) is 0 Å². The number of fused-ring (bicyclic) bond motifs is 1. The van der Waals surface area contributed by atoms with Gasteiger partial charge in [0.15, 0.2) is 11.5 Å². The number of benzene rings is 1. The molecule has 1 aliphatic rings. The number of carbonyl (C=O) groups excluding carboxylic acids is 1. The zero-order valence-corrected chi connectivity index (χ0v) is 15.9. The van der Waals surface area contributed by atoms with Gasteiger partial charge in [-0.15, -0.1) is 0 Å². The number of hydrogen-bond donors (Lipinski definition) is 0. The zero-order chi connectivity index (χ0) is 18.4. The van der Waals surface area contributed by atoms with Crippen molar-refractivity contribution < 1.29 is 13.9 Å². The molecule has 0 bridgehead atoms. The lowest BCUT2D eigenvalue weighted by molar-refractivity contribution is 0.0357. The normalized spacial score (nSPS) is 15.5. The molecule has 0 unspecified atom stereocenters. The lowest BCUT2D eigenvalue weighted by Gasteiger charge is -2.28. The molecule has 6 nitrogen and oxygen atoms in total. The average Bonchev–Trinajstić information content (AvgIpc) is 3.04. The molecule has 3 rings (SSSR count). The third-order valence-electron chi connectivity index (χ3n) is 4.82. The molecule has 26 heavy (non-hydrogen) atoms. The molecule has 1 aromatic carbocycles. The van der Waals surface area contributed by atoms with Gasteiger partial charge >= 0.3 is 0 Å². The van der Waals surface area contributed by atoms with Crippen molar-refractivity contribution in [3.63, 3.8) is 0 Å². The topological polar surface area (TPSA) is 58.8 Å². The van der Waals surface area contributed by atoms with E-state index in [-0.39, 0.29) is 5.91 Å². The lowest BCUT2D eigenvalue weighted by Crippen LogP contribution is -2.39. The van der Waals surface area contributed by atoms with Crippen LogP contribution in [0.15, 0.2) is 22.6 Å². The summed E-state index contributed by atoms with van der Waals surface area (Å²) in [4.78, 5) is 21.8. The van der Waals surface area contributed by atoms with E-state index in [2.05, 4.69) is 16.8 Å². The fourth-order valence-corrected chi connectivity index (χ4v) is 3.33. The van der Waals surface area contributed by atoms with Crippen LogP contribution < -0.4 is 0 Å². The average molecular weight is 359 g/mol. The number of rotatable bonds is 8. The minimum absolute atomic E-state index is 0.0861. The Bertz CT molecular complexity index is 722. The van der Waals surface area contributed by atoms with E-state index in [1.807, 2.05) is 30.0 Å². The molecular formula is C20H29N3O3. The standard InChI is InChI=1S/C20H29N3O3/c1-3-4-9-23(10-5-8-22-11-13-25-14-12-22)20(24)17-6-7-19-18(15-17)21-16(2)26-19/h6-7,15H,3-5,8-14H2,1-2H3. The van der Waals surface area contributed by atoms with E-state index in [0.717, 1.165) is 76.3 Å². The first-order chi connectivity index (χ1) is 12.7. The van der Waals surface area contributed by atoms with E-state index in [1.165, 1.54) is 0 Å². The Balaban J connectivity index is 1.63. The molecule has 0 N–H and O–H groups in total. The number of nitrogens with zero attached hydrogens (tertiary/aromatic N) is 3. The molecule has 0 atom stereocenters. The second-order valence-corrected chi connectivity index (χ2v) is 6.87.